The highest BCUT2D eigenvalue weighted by Crippen LogP contribution is 2.21. The second-order valence-electron chi connectivity index (χ2n) is 8.53. The predicted octanol–water partition coefficient (Wildman–Crippen LogP) is 4.92. The van der Waals surface area contributed by atoms with Crippen LogP contribution in [0, 0.1) is 12.8 Å². The van der Waals surface area contributed by atoms with E-state index in [2.05, 4.69) is 0 Å². The van der Waals surface area contributed by atoms with Gasteiger partial charge in [0.2, 0.25) is 5.91 Å². The van der Waals surface area contributed by atoms with Gasteiger partial charge in [-0.3, -0.25) is 9.59 Å². The number of nitrogens with zero attached hydrogens (tertiary/aromatic N) is 2. The van der Waals surface area contributed by atoms with E-state index in [1.54, 1.807) is 28.0 Å². The zero-order chi connectivity index (χ0) is 23.8. The number of carbonyl (C=O) groups excluding carboxylic acids is 2. The van der Waals surface area contributed by atoms with Gasteiger partial charge in [-0.1, -0.05) is 56.3 Å². The topological polar surface area (TPSA) is 63.0 Å². The third-order valence-corrected chi connectivity index (χ3v) is 5.25. The first-order valence-electron chi connectivity index (χ1n) is 11.2. The molecule has 0 N–H and O–H groups in total. The summed E-state index contributed by atoms with van der Waals surface area (Å²) in [6.45, 7) is 7.13. The molecule has 0 aliphatic rings. The van der Waals surface area contributed by atoms with Crippen LogP contribution in [0.25, 0.3) is 0 Å². The van der Waals surface area contributed by atoms with Crippen molar-refractivity contribution in [2.75, 3.05) is 20.2 Å². The first kappa shape index (κ1) is 24.1. The van der Waals surface area contributed by atoms with Gasteiger partial charge in [0.1, 0.15) is 23.8 Å². The third-order valence-electron chi connectivity index (χ3n) is 5.25. The maximum atomic E-state index is 13.5. The quantitative estimate of drug-likeness (QED) is 0.441. The molecule has 0 fully saturated rings. The Morgan fingerprint density at radius 1 is 0.909 bits per heavy atom. The number of methoxy groups -OCH3 is 1. The Kier molecular flexibility index (Phi) is 8.30. The lowest BCUT2D eigenvalue weighted by Crippen LogP contribution is -2.44. The Bertz CT molecular complexity index is 1060. The Morgan fingerprint density at radius 2 is 1.61 bits per heavy atom. The summed E-state index contributed by atoms with van der Waals surface area (Å²) in [4.78, 5) is 30.2. The second-order valence-corrected chi connectivity index (χ2v) is 8.53. The van der Waals surface area contributed by atoms with Crippen molar-refractivity contribution < 1.29 is 18.7 Å². The van der Waals surface area contributed by atoms with Crippen LogP contribution in [0.2, 0.25) is 0 Å². The van der Waals surface area contributed by atoms with Crippen LogP contribution in [-0.4, -0.2) is 41.8 Å². The molecule has 0 atom stereocenters. The lowest BCUT2D eigenvalue weighted by molar-refractivity contribution is -0.133. The van der Waals surface area contributed by atoms with Crippen LogP contribution < -0.4 is 4.74 Å². The number of amides is 2. The summed E-state index contributed by atoms with van der Waals surface area (Å²) >= 11 is 0. The van der Waals surface area contributed by atoms with E-state index in [0.717, 1.165) is 11.3 Å². The van der Waals surface area contributed by atoms with Gasteiger partial charge in [0.05, 0.1) is 19.2 Å². The van der Waals surface area contributed by atoms with Gasteiger partial charge < -0.3 is 19.0 Å². The molecule has 0 unspecified atom stereocenters. The largest absolute Gasteiger partial charge is 0.496 e. The van der Waals surface area contributed by atoms with Gasteiger partial charge in [-0.05, 0) is 42.7 Å². The highest BCUT2D eigenvalue weighted by molar-refractivity contribution is 5.98. The molecule has 0 saturated heterocycles. The molecule has 0 aliphatic heterocycles. The monoisotopic (exact) mass is 448 g/mol. The van der Waals surface area contributed by atoms with Crippen LogP contribution in [0.4, 0.5) is 0 Å². The Labute approximate surface area is 195 Å². The van der Waals surface area contributed by atoms with Crippen molar-refractivity contribution in [2.45, 2.75) is 33.9 Å². The highest BCUT2D eigenvalue weighted by atomic mass is 16.5. The fraction of sp³-hybridized carbons (Fsp3) is 0.333. The molecular formula is C27H32N2O4. The molecule has 174 valence electrons. The van der Waals surface area contributed by atoms with Gasteiger partial charge in [-0.25, -0.2) is 0 Å². The minimum Gasteiger partial charge on any atom is -0.496 e. The van der Waals surface area contributed by atoms with E-state index in [0.29, 0.717) is 36.7 Å². The Balaban J connectivity index is 1.84. The number of hydrogen-bond donors (Lipinski definition) is 0. The third kappa shape index (κ3) is 6.72. The molecule has 33 heavy (non-hydrogen) atoms. The number of aryl methyl sites for hydroxylation is 1. The standard InChI is InChI=1S/C27H32N2O4/c1-20(2)16-29(27(31)24-12-8-9-13-25(24)32-4)19-26(30)28(17-22-10-6-5-7-11-22)18-23-15-14-21(3)33-23/h5-15,20H,16-19H2,1-4H3. The molecule has 2 amide bonds. The summed E-state index contributed by atoms with van der Waals surface area (Å²) < 4.78 is 11.1. The first-order chi connectivity index (χ1) is 15.9. The van der Waals surface area contributed by atoms with Gasteiger partial charge in [0.15, 0.2) is 0 Å². The molecule has 2 aromatic carbocycles. The fourth-order valence-electron chi connectivity index (χ4n) is 3.71. The molecule has 3 aromatic rings. The molecule has 0 radical (unpaired) electrons. The lowest BCUT2D eigenvalue weighted by Gasteiger charge is -2.29. The molecule has 0 saturated carbocycles. The van der Waals surface area contributed by atoms with Crippen molar-refractivity contribution in [3.8, 4) is 5.75 Å². The van der Waals surface area contributed by atoms with Crippen LogP contribution in [-0.2, 0) is 17.9 Å². The second kappa shape index (κ2) is 11.4. The molecule has 1 aromatic heterocycles. The molecule has 6 heteroatoms. The summed E-state index contributed by atoms with van der Waals surface area (Å²) in [5.74, 6) is 1.84. The van der Waals surface area contributed by atoms with Crippen LogP contribution in [0.15, 0.2) is 71.1 Å². The van der Waals surface area contributed by atoms with E-state index in [1.165, 1.54) is 7.11 Å². The van der Waals surface area contributed by atoms with E-state index < -0.39 is 0 Å². The van der Waals surface area contributed by atoms with Crippen LogP contribution >= 0.6 is 0 Å². The molecule has 6 nitrogen and oxygen atoms in total. The van der Waals surface area contributed by atoms with Crippen molar-refractivity contribution in [1.82, 2.24) is 9.80 Å². The van der Waals surface area contributed by atoms with Crippen molar-refractivity contribution in [2.24, 2.45) is 5.92 Å². The van der Waals surface area contributed by atoms with E-state index >= 15 is 0 Å². The van der Waals surface area contributed by atoms with Crippen molar-refractivity contribution >= 4 is 11.8 Å². The van der Waals surface area contributed by atoms with Crippen LogP contribution in [0.1, 0.15) is 41.3 Å². The first-order valence-corrected chi connectivity index (χ1v) is 11.2. The van der Waals surface area contributed by atoms with Crippen molar-refractivity contribution in [3.05, 3.63) is 89.4 Å². The van der Waals surface area contributed by atoms with Gasteiger partial charge in [0, 0.05) is 13.1 Å². The lowest BCUT2D eigenvalue weighted by atomic mass is 10.1. The number of para-hydroxylation sites is 1. The van der Waals surface area contributed by atoms with E-state index in [4.69, 9.17) is 9.15 Å². The molecular weight excluding hydrogens is 416 g/mol. The van der Waals surface area contributed by atoms with Crippen LogP contribution in [0.3, 0.4) is 0 Å². The average molecular weight is 449 g/mol. The number of furan rings is 1. The average Bonchev–Trinajstić information content (AvgIpc) is 3.22. The minimum atomic E-state index is -0.219. The predicted molar refractivity (Wildman–Crippen MR) is 128 cm³/mol. The highest BCUT2D eigenvalue weighted by Gasteiger charge is 2.25. The number of ether oxygens (including phenoxy) is 1. The number of benzene rings is 2. The van der Waals surface area contributed by atoms with E-state index in [-0.39, 0.29) is 24.3 Å². The smallest absolute Gasteiger partial charge is 0.258 e. The zero-order valence-electron chi connectivity index (χ0n) is 19.8. The molecule has 1 heterocycles. The Hall–Kier alpha value is -3.54. The maximum Gasteiger partial charge on any atom is 0.258 e. The molecule has 0 aliphatic carbocycles. The fourth-order valence-corrected chi connectivity index (χ4v) is 3.71. The van der Waals surface area contributed by atoms with Crippen molar-refractivity contribution in [3.63, 3.8) is 0 Å². The van der Waals surface area contributed by atoms with E-state index in [9.17, 15) is 9.59 Å². The number of carbonyl (C=O) groups is 2. The summed E-state index contributed by atoms with van der Waals surface area (Å²) in [7, 11) is 1.54. The summed E-state index contributed by atoms with van der Waals surface area (Å²) in [6.07, 6.45) is 0. The van der Waals surface area contributed by atoms with Gasteiger partial charge in [-0.15, -0.1) is 0 Å². The van der Waals surface area contributed by atoms with Gasteiger partial charge in [-0.2, -0.15) is 0 Å². The van der Waals surface area contributed by atoms with Crippen LogP contribution in [0.5, 0.6) is 5.75 Å². The maximum absolute atomic E-state index is 13.5. The molecule has 3 rings (SSSR count). The summed E-state index contributed by atoms with van der Waals surface area (Å²) in [5.41, 5.74) is 1.46. The number of rotatable bonds is 10. The van der Waals surface area contributed by atoms with E-state index in [1.807, 2.05) is 69.3 Å². The molecule has 0 bridgehead atoms. The molecule has 0 spiro atoms. The number of hydrogen-bond acceptors (Lipinski definition) is 4. The Morgan fingerprint density at radius 3 is 2.24 bits per heavy atom. The summed E-state index contributed by atoms with van der Waals surface area (Å²) in [6, 6.07) is 20.7. The van der Waals surface area contributed by atoms with Gasteiger partial charge in [0.25, 0.3) is 5.91 Å². The zero-order valence-corrected chi connectivity index (χ0v) is 19.8. The van der Waals surface area contributed by atoms with Gasteiger partial charge >= 0.3 is 0 Å². The normalized spacial score (nSPS) is 10.8. The minimum absolute atomic E-state index is 0.0262. The summed E-state index contributed by atoms with van der Waals surface area (Å²) in [5, 5.41) is 0. The van der Waals surface area contributed by atoms with Crippen molar-refractivity contribution in [1.29, 1.82) is 0 Å². The SMILES string of the molecule is COc1ccccc1C(=O)N(CC(=O)N(Cc1ccccc1)Cc1ccc(C)o1)CC(C)C.